The highest BCUT2D eigenvalue weighted by molar-refractivity contribution is 9.10. The number of hydrogen-bond donors (Lipinski definition) is 1. The van der Waals surface area contributed by atoms with Gasteiger partial charge in [0.25, 0.3) is 0 Å². The van der Waals surface area contributed by atoms with E-state index in [2.05, 4.69) is 40.6 Å². The van der Waals surface area contributed by atoms with Gasteiger partial charge >= 0.3 is 0 Å². The van der Waals surface area contributed by atoms with E-state index < -0.39 is 10.0 Å². The SMILES string of the molecule is CC1(C)Cc2cc(Br)ccc2C1NS(C)(=O)=O. The van der Waals surface area contributed by atoms with Crippen LogP contribution in [-0.4, -0.2) is 14.7 Å². The van der Waals surface area contributed by atoms with Crippen LogP contribution in [0.2, 0.25) is 0 Å². The van der Waals surface area contributed by atoms with Crippen LogP contribution in [-0.2, 0) is 16.4 Å². The number of sulfonamides is 1. The van der Waals surface area contributed by atoms with Crippen LogP contribution in [0.15, 0.2) is 22.7 Å². The average Bonchev–Trinajstić information content (AvgIpc) is 2.34. The second-order valence-electron chi connectivity index (χ2n) is 5.33. The lowest BCUT2D eigenvalue weighted by Gasteiger charge is -2.27. The number of hydrogen-bond acceptors (Lipinski definition) is 2. The molecule has 0 amide bonds. The molecule has 1 N–H and O–H groups in total. The summed E-state index contributed by atoms with van der Waals surface area (Å²) in [6.45, 7) is 4.17. The first-order valence-corrected chi connectivity index (χ1v) is 8.13. The lowest BCUT2D eigenvalue weighted by atomic mass is 9.86. The highest BCUT2D eigenvalue weighted by atomic mass is 79.9. The molecule has 5 heteroatoms. The van der Waals surface area contributed by atoms with E-state index in [0.29, 0.717) is 0 Å². The normalized spacial score (nSPS) is 22.5. The molecule has 0 fully saturated rings. The number of halogens is 1. The first-order chi connectivity index (χ1) is 7.69. The molecule has 0 spiro atoms. The van der Waals surface area contributed by atoms with Crippen molar-refractivity contribution < 1.29 is 8.42 Å². The molecule has 1 aliphatic rings. The van der Waals surface area contributed by atoms with Crippen LogP contribution in [0.4, 0.5) is 0 Å². The van der Waals surface area contributed by atoms with Crippen molar-refractivity contribution in [3.8, 4) is 0 Å². The van der Waals surface area contributed by atoms with Crippen molar-refractivity contribution in [3.05, 3.63) is 33.8 Å². The van der Waals surface area contributed by atoms with Gasteiger partial charge in [0, 0.05) is 4.47 Å². The van der Waals surface area contributed by atoms with Crippen molar-refractivity contribution in [2.45, 2.75) is 26.3 Å². The van der Waals surface area contributed by atoms with Crippen LogP contribution in [0.1, 0.15) is 31.0 Å². The fourth-order valence-electron chi connectivity index (χ4n) is 2.46. The summed E-state index contributed by atoms with van der Waals surface area (Å²) in [6.07, 6.45) is 2.09. The Morgan fingerprint density at radius 2 is 2.06 bits per heavy atom. The van der Waals surface area contributed by atoms with E-state index in [4.69, 9.17) is 0 Å². The third-order valence-electron chi connectivity index (χ3n) is 3.18. The Bertz CT molecular complexity index is 552. The first kappa shape index (κ1) is 13.1. The molecule has 1 aliphatic carbocycles. The standard InChI is InChI=1S/C12H16BrNO2S/c1-12(2)7-8-6-9(13)4-5-10(8)11(12)14-17(3,15)16/h4-6,11,14H,7H2,1-3H3. The smallest absolute Gasteiger partial charge is 0.209 e. The largest absolute Gasteiger partial charge is 0.213 e. The van der Waals surface area contributed by atoms with E-state index in [9.17, 15) is 8.42 Å². The second-order valence-corrected chi connectivity index (χ2v) is 8.03. The maximum Gasteiger partial charge on any atom is 0.209 e. The van der Waals surface area contributed by atoms with E-state index >= 15 is 0 Å². The Morgan fingerprint density at radius 1 is 1.41 bits per heavy atom. The minimum Gasteiger partial charge on any atom is -0.213 e. The van der Waals surface area contributed by atoms with Crippen LogP contribution in [0.3, 0.4) is 0 Å². The zero-order chi connectivity index (χ0) is 12.8. The van der Waals surface area contributed by atoms with Gasteiger partial charge in [0.15, 0.2) is 0 Å². The molecule has 3 nitrogen and oxygen atoms in total. The molecule has 0 saturated heterocycles. The fraction of sp³-hybridized carbons (Fsp3) is 0.500. The van der Waals surface area contributed by atoms with E-state index in [1.807, 2.05) is 12.1 Å². The number of rotatable bonds is 2. The van der Waals surface area contributed by atoms with Crippen molar-refractivity contribution in [3.63, 3.8) is 0 Å². The molecule has 1 aromatic carbocycles. The fourth-order valence-corrected chi connectivity index (χ4v) is 3.74. The van der Waals surface area contributed by atoms with E-state index in [1.54, 1.807) is 0 Å². The van der Waals surface area contributed by atoms with Gasteiger partial charge in [0.1, 0.15) is 0 Å². The zero-order valence-corrected chi connectivity index (χ0v) is 12.5. The minimum atomic E-state index is -3.19. The van der Waals surface area contributed by atoms with Crippen LogP contribution < -0.4 is 4.72 Å². The minimum absolute atomic E-state index is 0.0911. The molecule has 1 unspecified atom stereocenters. The molecule has 0 aromatic heterocycles. The van der Waals surface area contributed by atoms with E-state index in [0.717, 1.165) is 16.5 Å². The van der Waals surface area contributed by atoms with Crippen LogP contribution >= 0.6 is 15.9 Å². The van der Waals surface area contributed by atoms with Crippen molar-refractivity contribution in [2.24, 2.45) is 5.41 Å². The van der Waals surface area contributed by atoms with Gasteiger partial charge in [-0.2, -0.15) is 0 Å². The van der Waals surface area contributed by atoms with Crippen LogP contribution in [0, 0.1) is 5.41 Å². The van der Waals surface area contributed by atoms with Crippen LogP contribution in [0.25, 0.3) is 0 Å². The van der Waals surface area contributed by atoms with Gasteiger partial charge in [-0.3, -0.25) is 0 Å². The van der Waals surface area contributed by atoms with Gasteiger partial charge in [0.2, 0.25) is 10.0 Å². The third kappa shape index (κ3) is 2.72. The number of nitrogens with one attached hydrogen (secondary N) is 1. The predicted molar refractivity (Wildman–Crippen MR) is 72.3 cm³/mol. The molecular formula is C12H16BrNO2S. The predicted octanol–water partition coefficient (Wildman–Crippen LogP) is 2.62. The highest BCUT2D eigenvalue weighted by Crippen LogP contribution is 2.46. The molecule has 17 heavy (non-hydrogen) atoms. The number of benzene rings is 1. The van der Waals surface area contributed by atoms with Crippen molar-refractivity contribution in [1.82, 2.24) is 4.72 Å². The summed E-state index contributed by atoms with van der Waals surface area (Å²) in [5.41, 5.74) is 2.21. The molecular weight excluding hydrogens is 302 g/mol. The molecule has 94 valence electrons. The Kier molecular flexibility index (Phi) is 3.13. The topological polar surface area (TPSA) is 46.2 Å². The Morgan fingerprint density at radius 3 is 2.65 bits per heavy atom. The highest BCUT2D eigenvalue weighted by Gasteiger charge is 2.40. The Balaban J connectivity index is 2.45. The average molecular weight is 318 g/mol. The lowest BCUT2D eigenvalue weighted by molar-refractivity contribution is 0.299. The monoisotopic (exact) mass is 317 g/mol. The second kappa shape index (κ2) is 4.07. The van der Waals surface area contributed by atoms with Gasteiger partial charge < -0.3 is 0 Å². The summed E-state index contributed by atoms with van der Waals surface area (Å²) < 4.78 is 26.6. The maximum absolute atomic E-state index is 11.4. The Hall–Kier alpha value is -0.390. The molecule has 0 radical (unpaired) electrons. The first-order valence-electron chi connectivity index (χ1n) is 5.45. The van der Waals surface area contributed by atoms with Gasteiger partial charge in [-0.05, 0) is 35.1 Å². The molecule has 1 aromatic rings. The molecule has 2 rings (SSSR count). The summed E-state index contributed by atoms with van der Waals surface area (Å²) in [7, 11) is -3.19. The maximum atomic E-state index is 11.4. The quantitative estimate of drug-likeness (QED) is 0.911. The van der Waals surface area contributed by atoms with Gasteiger partial charge in [-0.1, -0.05) is 35.8 Å². The van der Waals surface area contributed by atoms with Crippen molar-refractivity contribution >= 4 is 26.0 Å². The molecule has 0 heterocycles. The summed E-state index contributed by atoms with van der Waals surface area (Å²) in [5.74, 6) is 0. The Labute approximate surface area is 111 Å². The summed E-state index contributed by atoms with van der Waals surface area (Å²) in [5, 5.41) is 0. The molecule has 1 atom stereocenters. The lowest BCUT2D eigenvalue weighted by Crippen LogP contribution is -2.34. The van der Waals surface area contributed by atoms with E-state index in [1.165, 1.54) is 11.8 Å². The molecule has 0 saturated carbocycles. The summed E-state index contributed by atoms with van der Waals surface area (Å²) in [4.78, 5) is 0. The summed E-state index contributed by atoms with van der Waals surface area (Å²) >= 11 is 3.45. The van der Waals surface area contributed by atoms with E-state index in [-0.39, 0.29) is 11.5 Å². The number of fused-ring (bicyclic) bond motifs is 1. The van der Waals surface area contributed by atoms with Gasteiger partial charge in [-0.25, -0.2) is 13.1 Å². The zero-order valence-electron chi connectivity index (χ0n) is 10.1. The molecule has 0 bridgehead atoms. The van der Waals surface area contributed by atoms with Crippen molar-refractivity contribution in [2.75, 3.05) is 6.26 Å². The summed E-state index contributed by atoms with van der Waals surface area (Å²) in [6, 6.07) is 5.88. The molecule has 0 aliphatic heterocycles. The van der Waals surface area contributed by atoms with Crippen molar-refractivity contribution in [1.29, 1.82) is 0 Å². The van der Waals surface area contributed by atoms with Gasteiger partial charge in [-0.15, -0.1) is 0 Å². The van der Waals surface area contributed by atoms with Crippen LogP contribution in [0.5, 0.6) is 0 Å². The van der Waals surface area contributed by atoms with Gasteiger partial charge in [0.05, 0.1) is 12.3 Å². The third-order valence-corrected chi connectivity index (χ3v) is 4.33.